The minimum atomic E-state index is -1.14. The Bertz CT molecular complexity index is 628. The predicted octanol–water partition coefficient (Wildman–Crippen LogP) is 1.11. The van der Waals surface area contributed by atoms with Gasteiger partial charge in [0.25, 0.3) is 5.91 Å². The third kappa shape index (κ3) is 2.50. The molecule has 0 spiro atoms. The van der Waals surface area contributed by atoms with Crippen LogP contribution in [0.15, 0.2) is 24.3 Å². The summed E-state index contributed by atoms with van der Waals surface area (Å²) < 4.78 is 0. The Morgan fingerprint density at radius 2 is 1.86 bits per heavy atom. The number of nitrogens with one attached hydrogen (secondary N) is 1. The molecule has 6 heteroatoms. The summed E-state index contributed by atoms with van der Waals surface area (Å²) in [7, 11) is 0. The van der Waals surface area contributed by atoms with E-state index in [0.717, 1.165) is 19.3 Å². The SMILES string of the molecule is O=C1CCCCCC(N2C(=O)c3ccccc3C2O)C(=O)N1. The second-order valence-electron chi connectivity index (χ2n) is 5.70. The van der Waals surface area contributed by atoms with Crippen LogP contribution in [0.1, 0.15) is 54.3 Å². The van der Waals surface area contributed by atoms with Crippen molar-refractivity contribution in [3.8, 4) is 0 Å². The van der Waals surface area contributed by atoms with Crippen LogP contribution in [0.25, 0.3) is 0 Å². The number of benzene rings is 1. The summed E-state index contributed by atoms with van der Waals surface area (Å²) >= 11 is 0. The van der Waals surface area contributed by atoms with Crippen molar-refractivity contribution in [2.45, 2.75) is 44.4 Å². The highest BCUT2D eigenvalue weighted by atomic mass is 16.3. The van der Waals surface area contributed by atoms with Crippen molar-refractivity contribution in [3.05, 3.63) is 35.4 Å². The molecule has 0 aromatic heterocycles. The van der Waals surface area contributed by atoms with Gasteiger partial charge in [-0.3, -0.25) is 24.6 Å². The van der Waals surface area contributed by atoms with Gasteiger partial charge in [0.15, 0.2) is 6.23 Å². The maximum Gasteiger partial charge on any atom is 0.257 e. The molecule has 22 heavy (non-hydrogen) atoms. The molecule has 2 heterocycles. The Kier molecular flexibility index (Phi) is 3.94. The number of carbonyl (C=O) groups is 3. The van der Waals surface area contributed by atoms with Crippen LogP contribution in [0.2, 0.25) is 0 Å². The van der Waals surface area contributed by atoms with Crippen LogP contribution in [-0.2, 0) is 9.59 Å². The molecule has 2 aliphatic rings. The molecule has 0 saturated carbocycles. The number of fused-ring (bicyclic) bond motifs is 1. The van der Waals surface area contributed by atoms with Crippen LogP contribution in [0, 0.1) is 0 Å². The third-order valence-corrected chi connectivity index (χ3v) is 4.25. The number of aliphatic hydroxyl groups excluding tert-OH is 1. The van der Waals surface area contributed by atoms with Gasteiger partial charge in [-0.2, -0.15) is 0 Å². The van der Waals surface area contributed by atoms with Gasteiger partial charge in [-0.25, -0.2) is 0 Å². The fraction of sp³-hybridized carbons (Fsp3) is 0.438. The van der Waals surface area contributed by atoms with E-state index in [-0.39, 0.29) is 11.8 Å². The number of rotatable bonds is 1. The van der Waals surface area contributed by atoms with E-state index < -0.39 is 18.2 Å². The van der Waals surface area contributed by atoms with Gasteiger partial charge in [0.05, 0.1) is 0 Å². The highest BCUT2D eigenvalue weighted by molar-refractivity contribution is 6.04. The first-order valence-corrected chi connectivity index (χ1v) is 7.53. The lowest BCUT2D eigenvalue weighted by atomic mass is 10.1. The van der Waals surface area contributed by atoms with Crippen LogP contribution < -0.4 is 5.32 Å². The molecule has 0 aliphatic carbocycles. The Balaban J connectivity index is 1.90. The lowest BCUT2D eigenvalue weighted by molar-refractivity contribution is -0.135. The van der Waals surface area contributed by atoms with E-state index in [4.69, 9.17) is 0 Å². The number of amides is 3. The van der Waals surface area contributed by atoms with Crippen molar-refractivity contribution in [2.24, 2.45) is 0 Å². The van der Waals surface area contributed by atoms with E-state index in [9.17, 15) is 19.5 Å². The normalized spacial score (nSPS) is 26.0. The molecular formula is C16H18N2O4. The van der Waals surface area contributed by atoms with E-state index in [1.807, 2.05) is 0 Å². The minimum absolute atomic E-state index is 0.315. The van der Waals surface area contributed by atoms with Crippen LogP contribution in [-0.4, -0.2) is 33.8 Å². The number of hydrogen-bond donors (Lipinski definition) is 2. The summed E-state index contributed by atoms with van der Waals surface area (Å²) in [6.07, 6.45) is 1.89. The highest BCUT2D eigenvalue weighted by Crippen LogP contribution is 2.34. The van der Waals surface area contributed by atoms with Crippen molar-refractivity contribution in [1.29, 1.82) is 0 Å². The first-order chi connectivity index (χ1) is 10.6. The highest BCUT2D eigenvalue weighted by Gasteiger charge is 2.42. The molecule has 116 valence electrons. The maximum absolute atomic E-state index is 12.5. The second-order valence-corrected chi connectivity index (χ2v) is 5.70. The van der Waals surface area contributed by atoms with E-state index in [1.165, 1.54) is 4.90 Å². The molecule has 2 aliphatic heterocycles. The molecule has 2 unspecified atom stereocenters. The molecule has 1 fully saturated rings. The van der Waals surface area contributed by atoms with Crippen LogP contribution in [0.4, 0.5) is 0 Å². The van der Waals surface area contributed by atoms with Crippen molar-refractivity contribution in [2.75, 3.05) is 0 Å². The Morgan fingerprint density at radius 3 is 2.64 bits per heavy atom. The zero-order chi connectivity index (χ0) is 15.7. The lowest BCUT2D eigenvalue weighted by Crippen LogP contribution is -2.49. The van der Waals surface area contributed by atoms with Crippen molar-refractivity contribution in [3.63, 3.8) is 0 Å². The Labute approximate surface area is 128 Å². The van der Waals surface area contributed by atoms with Gasteiger partial charge in [0.1, 0.15) is 6.04 Å². The molecule has 3 amide bonds. The summed E-state index contributed by atoms with van der Waals surface area (Å²) in [6, 6.07) is 5.96. The van der Waals surface area contributed by atoms with Gasteiger partial charge in [0.2, 0.25) is 11.8 Å². The van der Waals surface area contributed by atoms with E-state index in [0.29, 0.717) is 24.0 Å². The summed E-state index contributed by atoms with van der Waals surface area (Å²) in [4.78, 5) is 37.7. The van der Waals surface area contributed by atoms with Crippen LogP contribution >= 0.6 is 0 Å². The molecular weight excluding hydrogens is 284 g/mol. The number of nitrogens with zero attached hydrogens (tertiary/aromatic N) is 1. The molecule has 1 aromatic rings. The van der Waals surface area contributed by atoms with Crippen LogP contribution in [0.3, 0.4) is 0 Å². The molecule has 0 radical (unpaired) electrons. The Hall–Kier alpha value is -2.21. The number of hydrogen-bond acceptors (Lipinski definition) is 4. The smallest absolute Gasteiger partial charge is 0.257 e. The van der Waals surface area contributed by atoms with Gasteiger partial charge in [-0.05, 0) is 18.9 Å². The third-order valence-electron chi connectivity index (χ3n) is 4.25. The quantitative estimate of drug-likeness (QED) is 0.761. The number of aliphatic hydroxyl groups is 1. The van der Waals surface area contributed by atoms with Crippen LogP contribution in [0.5, 0.6) is 0 Å². The van der Waals surface area contributed by atoms with Gasteiger partial charge in [0, 0.05) is 17.5 Å². The monoisotopic (exact) mass is 302 g/mol. The first-order valence-electron chi connectivity index (χ1n) is 7.53. The molecule has 1 aromatic carbocycles. The topological polar surface area (TPSA) is 86.7 Å². The fourth-order valence-corrected chi connectivity index (χ4v) is 3.11. The second kappa shape index (κ2) is 5.88. The van der Waals surface area contributed by atoms with E-state index in [2.05, 4.69) is 5.32 Å². The standard InChI is InChI=1S/C16H18N2O4/c19-13-9-3-1-2-8-12(14(20)17-13)18-15(21)10-6-4-5-7-11(10)16(18)22/h4-7,12,15,21H,1-3,8-9H2,(H,17,19,20). The van der Waals surface area contributed by atoms with Crippen molar-refractivity contribution >= 4 is 17.7 Å². The lowest BCUT2D eigenvalue weighted by Gasteiger charge is -2.29. The average molecular weight is 302 g/mol. The largest absolute Gasteiger partial charge is 0.369 e. The van der Waals surface area contributed by atoms with Gasteiger partial charge in [-0.1, -0.05) is 31.0 Å². The van der Waals surface area contributed by atoms with Crippen molar-refractivity contribution in [1.82, 2.24) is 10.2 Å². The Morgan fingerprint density at radius 1 is 1.09 bits per heavy atom. The first kappa shape index (κ1) is 14.7. The summed E-state index contributed by atoms with van der Waals surface area (Å²) in [5, 5.41) is 12.8. The number of imide groups is 1. The molecule has 3 rings (SSSR count). The molecule has 6 nitrogen and oxygen atoms in total. The summed E-state index contributed by atoms with van der Waals surface area (Å²) in [6.45, 7) is 0. The minimum Gasteiger partial charge on any atom is -0.369 e. The maximum atomic E-state index is 12.5. The van der Waals surface area contributed by atoms with E-state index >= 15 is 0 Å². The summed E-state index contributed by atoms with van der Waals surface area (Å²) in [5.41, 5.74) is 0.917. The zero-order valence-electron chi connectivity index (χ0n) is 12.1. The number of carbonyl (C=O) groups excluding carboxylic acids is 3. The molecule has 1 saturated heterocycles. The summed E-state index contributed by atoms with van der Waals surface area (Å²) in [5.74, 6) is -1.20. The van der Waals surface area contributed by atoms with Gasteiger partial charge >= 0.3 is 0 Å². The van der Waals surface area contributed by atoms with Crippen molar-refractivity contribution < 1.29 is 19.5 Å². The molecule has 2 atom stereocenters. The predicted molar refractivity (Wildman–Crippen MR) is 77.6 cm³/mol. The molecule has 2 N–H and O–H groups in total. The zero-order valence-corrected chi connectivity index (χ0v) is 12.1. The van der Waals surface area contributed by atoms with E-state index in [1.54, 1.807) is 24.3 Å². The van der Waals surface area contributed by atoms with Gasteiger partial charge < -0.3 is 5.11 Å². The van der Waals surface area contributed by atoms with Gasteiger partial charge in [-0.15, -0.1) is 0 Å². The average Bonchev–Trinajstić information content (AvgIpc) is 2.79. The molecule has 0 bridgehead atoms. The fourth-order valence-electron chi connectivity index (χ4n) is 3.11.